The highest BCUT2D eigenvalue weighted by molar-refractivity contribution is 5.98. The van der Waals surface area contributed by atoms with E-state index < -0.39 is 0 Å². The highest BCUT2D eigenvalue weighted by atomic mass is 19.1. The Hall–Kier alpha value is -2.67. The summed E-state index contributed by atoms with van der Waals surface area (Å²) in [6, 6.07) is 9.00. The Morgan fingerprint density at radius 3 is 2.55 bits per heavy atom. The lowest BCUT2D eigenvalue weighted by Crippen LogP contribution is -2.46. The van der Waals surface area contributed by atoms with Crippen LogP contribution in [0.15, 0.2) is 36.5 Å². The largest absolute Gasteiger partial charge is 0.367 e. The van der Waals surface area contributed by atoms with Gasteiger partial charge in [-0.25, -0.2) is 9.37 Å². The molecule has 0 radical (unpaired) electrons. The molecule has 166 valence electrons. The van der Waals surface area contributed by atoms with E-state index in [0.717, 1.165) is 64.2 Å². The van der Waals surface area contributed by atoms with Crippen molar-refractivity contribution >= 4 is 17.4 Å². The number of aromatic nitrogens is 1. The van der Waals surface area contributed by atoms with Crippen LogP contribution < -0.4 is 10.2 Å². The lowest BCUT2D eigenvalue weighted by Gasteiger charge is -2.35. The van der Waals surface area contributed by atoms with Gasteiger partial charge in [0, 0.05) is 52.0 Å². The first-order valence-electron chi connectivity index (χ1n) is 11.4. The van der Waals surface area contributed by atoms with Crippen LogP contribution in [0.3, 0.4) is 0 Å². The third kappa shape index (κ3) is 5.15. The van der Waals surface area contributed by atoms with Gasteiger partial charge in [-0.05, 0) is 55.6 Å². The van der Waals surface area contributed by atoms with E-state index in [0.29, 0.717) is 23.6 Å². The first-order chi connectivity index (χ1) is 15.2. The Balaban J connectivity index is 1.41. The van der Waals surface area contributed by atoms with Crippen LogP contribution in [0.25, 0.3) is 0 Å². The van der Waals surface area contributed by atoms with Crippen molar-refractivity contribution in [1.29, 1.82) is 0 Å². The molecule has 0 bridgehead atoms. The standard InChI is InChI=1S/C24H32FN5O/c1-2-28-13-15-29(16-14-28)22-9-8-19(17-21(22)25)18-27-23-20(7-6-10-26-23)24(31)30-11-4-3-5-12-30/h6-10,17H,2-5,11-16,18H2,1H3,(H,26,27). The Morgan fingerprint density at radius 1 is 1.06 bits per heavy atom. The number of nitrogens with one attached hydrogen (secondary N) is 1. The smallest absolute Gasteiger partial charge is 0.257 e. The zero-order valence-electron chi connectivity index (χ0n) is 18.3. The lowest BCUT2D eigenvalue weighted by molar-refractivity contribution is 0.0725. The second-order valence-corrected chi connectivity index (χ2v) is 8.31. The summed E-state index contributed by atoms with van der Waals surface area (Å²) in [6.45, 7) is 8.83. The number of pyridine rings is 1. The fraction of sp³-hybridized carbons (Fsp3) is 0.500. The van der Waals surface area contributed by atoms with E-state index in [4.69, 9.17) is 0 Å². The van der Waals surface area contributed by atoms with Gasteiger partial charge in [0.15, 0.2) is 0 Å². The molecule has 2 fully saturated rings. The summed E-state index contributed by atoms with van der Waals surface area (Å²) in [5, 5.41) is 3.24. The summed E-state index contributed by atoms with van der Waals surface area (Å²) in [6.07, 6.45) is 4.95. The Morgan fingerprint density at radius 2 is 1.84 bits per heavy atom. The van der Waals surface area contributed by atoms with Crippen molar-refractivity contribution in [2.75, 3.05) is 56.0 Å². The van der Waals surface area contributed by atoms with Gasteiger partial charge < -0.3 is 20.0 Å². The fourth-order valence-corrected chi connectivity index (χ4v) is 4.39. The van der Waals surface area contributed by atoms with E-state index in [1.54, 1.807) is 18.3 Å². The molecule has 0 atom stereocenters. The maximum Gasteiger partial charge on any atom is 0.257 e. The predicted octanol–water partition coefficient (Wildman–Crippen LogP) is 3.60. The molecule has 2 aliphatic heterocycles. The number of halogens is 1. The van der Waals surface area contributed by atoms with Gasteiger partial charge in [0.1, 0.15) is 11.6 Å². The Bertz CT molecular complexity index is 891. The van der Waals surface area contributed by atoms with Crippen molar-refractivity contribution in [3.63, 3.8) is 0 Å². The van der Waals surface area contributed by atoms with Gasteiger partial charge in [-0.15, -0.1) is 0 Å². The third-order valence-electron chi connectivity index (χ3n) is 6.31. The third-order valence-corrected chi connectivity index (χ3v) is 6.31. The van der Waals surface area contributed by atoms with E-state index in [2.05, 4.69) is 27.0 Å². The van der Waals surface area contributed by atoms with Gasteiger partial charge in [-0.2, -0.15) is 0 Å². The van der Waals surface area contributed by atoms with Gasteiger partial charge in [-0.3, -0.25) is 4.79 Å². The van der Waals surface area contributed by atoms with Crippen LogP contribution in [-0.2, 0) is 6.54 Å². The monoisotopic (exact) mass is 425 g/mol. The number of benzene rings is 1. The van der Waals surface area contributed by atoms with Crippen LogP contribution in [0.5, 0.6) is 0 Å². The molecule has 1 N–H and O–H groups in total. The number of anilines is 2. The van der Waals surface area contributed by atoms with E-state index in [9.17, 15) is 9.18 Å². The SMILES string of the molecule is CCN1CCN(c2ccc(CNc3ncccc3C(=O)N3CCCCC3)cc2F)CC1. The minimum absolute atomic E-state index is 0.0167. The van der Waals surface area contributed by atoms with Crippen LogP contribution in [-0.4, -0.2) is 66.5 Å². The maximum absolute atomic E-state index is 14.8. The number of likely N-dealkylation sites (tertiary alicyclic amines) is 1. The normalized spacial score (nSPS) is 17.6. The van der Waals surface area contributed by atoms with E-state index in [-0.39, 0.29) is 11.7 Å². The minimum atomic E-state index is -0.199. The summed E-state index contributed by atoms with van der Waals surface area (Å²) in [5.74, 6) is 0.371. The number of hydrogen-bond donors (Lipinski definition) is 1. The highest BCUT2D eigenvalue weighted by Gasteiger charge is 2.22. The van der Waals surface area contributed by atoms with Gasteiger partial charge in [0.25, 0.3) is 5.91 Å². The molecule has 0 spiro atoms. The zero-order chi connectivity index (χ0) is 21.6. The highest BCUT2D eigenvalue weighted by Crippen LogP contribution is 2.23. The molecule has 4 rings (SSSR count). The molecule has 1 amide bonds. The van der Waals surface area contributed by atoms with Gasteiger partial charge in [0.2, 0.25) is 0 Å². The molecule has 0 aliphatic carbocycles. The number of piperazine rings is 1. The molecule has 1 aromatic heterocycles. The van der Waals surface area contributed by atoms with E-state index in [1.165, 1.54) is 6.42 Å². The van der Waals surface area contributed by atoms with E-state index in [1.807, 2.05) is 23.1 Å². The molecule has 6 nitrogen and oxygen atoms in total. The second-order valence-electron chi connectivity index (χ2n) is 8.31. The number of piperidine rings is 1. The molecule has 2 saturated heterocycles. The van der Waals surface area contributed by atoms with Crippen molar-refractivity contribution in [2.24, 2.45) is 0 Å². The number of likely N-dealkylation sites (N-methyl/N-ethyl adjacent to an activating group) is 1. The van der Waals surface area contributed by atoms with Crippen LogP contribution in [0.1, 0.15) is 42.1 Å². The molecule has 7 heteroatoms. The summed E-state index contributed by atoms with van der Waals surface area (Å²) < 4.78 is 14.8. The van der Waals surface area contributed by atoms with Crippen LogP contribution in [0.2, 0.25) is 0 Å². The Kier molecular flexibility index (Phi) is 7.02. The topological polar surface area (TPSA) is 51.7 Å². The first kappa shape index (κ1) is 21.6. The number of carbonyl (C=O) groups is 1. The van der Waals surface area contributed by atoms with E-state index >= 15 is 0 Å². The lowest BCUT2D eigenvalue weighted by atomic mass is 10.1. The minimum Gasteiger partial charge on any atom is -0.367 e. The van der Waals surface area contributed by atoms with Crippen molar-refractivity contribution in [1.82, 2.24) is 14.8 Å². The van der Waals surface area contributed by atoms with Crippen LogP contribution >= 0.6 is 0 Å². The van der Waals surface area contributed by atoms with Gasteiger partial charge in [0.05, 0.1) is 11.3 Å². The van der Waals surface area contributed by atoms with Crippen LogP contribution in [0, 0.1) is 5.82 Å². The second kappa shape index (κ2) is 10.1. The van der Waals surface area contributed by atoms with Crippen molar-refractivity contribution in [3.8, 4) is 0 Å². The average Bonchev–Trinajstić information content (AvgIpc) is 2.83. The molecular formula is C24H32FN5O. The van der Waals surface area contributed by atoms with Crippen molar-refractivity contribution < 1.29 is 9.18 Å². The average molecular weight is 426 g/mol. The summed E-state index contributed by atoms with van der Waals surface area (Å²) in [4.78, 5) is 23.7. The van der Waals surface area contributed by atoms with Gasteiger partial charge >= 0.3 is 0 Å². The quantitative estimate of drug-likeness (QED) is 0.766. The number of amides is 1. The maximum atomic E-state index is 14.8. The molecule has 31 heavy (non-hydrogen) atoms. The zero-order valence-corrected chi connectivity index (χ0v) is 18.3. The van der Waals surface area contributed by atoms with Crippen LogP contribution in [0.4, 0.5) is 15.9 Å². The molecule has 0 saturated carbocycles. The van der Waals surface area contributed by atoms with Gasteiger partial charge in [-0.1, -0.05) is 13.0 Å². The summed E-state index contributed by atoms with van der Waals surface area (Å²) in [5.41, 5.74) is 2.07. The van der Waals surface area contributed by atoms with Crippen molar-refractivity contribution in [2.45, 2.75) is 32.7 Å². The molecule has 2 aromatic rings. The number of carbonyl (C=O) groups excluding carboxylic acids is 1. The predicted molar refractivity (Wildman–Crippen MR) is 122 cm³/mol. The Labute approximate surface area is 184 Å². The van der Waals surface area contributed by atoms with Crippen molar-refractivity contribution in [3.05, 3.63) is 53.5 Å². The molecule has 0 unspecified atom stereocenters. The number of rotatable bonds is 6. The molecule has 2 aliphatic rings. The number of nitrogens with zero attached hydrogens (tertiary/aromatic N) is 4. The molecular weight excluding hydrogens is 393 g/mol. The fourth-order valence-electron chi connectivity index (χ4n) is 4.39. The molecule has 1 aromatic carbocycles. The molecule has 3 heterocycles. The first-order valence-corrected chi connectivity index (χ1v) is 11.4. The number of hydrogen-bond acceptors (Lipinski definition) is 5. The summed E-state index contributed by atoms with van der Waals surface area (Å²) >= 11 is 0. The summed E-state index contributed by atoms with van der Waals surface area (Å²) in [7, 11) is 0.